The number of carbonyl (C=O) groups is 1. The fourth-order valence-corrected chi connectivity index (χ4v) is 1.64. The van der Waals surface area contributed by atoms with E-state index in [0.717, 1.165) is 6.20 Å². The molecule has 6 heteroatoms. The second-order valence-corrected chi connectivity index (χ2v) is 4.49. The highest BCUT2D eigenvalue weighted by molar-refractivity contribution is 14.1. The van der Waals surface area contributed by atoms with Gasteiger partial charge < -0.3 is 10.1 Å². The van der Waals surface area contributed by atoms with Crippen molar-refractivity contribution in [2.45, 2.75) is 6.92 Å². The lowest BCUT2D eigenvalue weighted by Crippen LogP contribution is -2.24. The molecule has 0 radical (unpaired) electrons. The molecular weight excluding hydrogens is 326 g/mol. The third-order valence-corrected chi connectivity index (χ3v) is 2.74. The Bertz CT molecular complexity index is 387. The van der Waals surface area contributed by atoms with Gasteiger partial charge in [0.2, 0.25) is 5.91 Å². The number of ether oxygens (including phenoxy) is 1. The van der Waals surface area contributed by atoms with E-state index in [0.29, 0.717) is 16.0 Å². The van der Waals surface area contributed by atoms with E-state index >= 15 is 0 Å². The Kier molecular flexibility index (Phi) is 5.07. The number of halogens is 2. The minimum Gasteiger partial charge on any atom is -0.384 e. The van der Waals surface area contributed by atoms with Crippen LogP contribution in [0.1, 0.15) is 6.92 Å². The van der Waals surface area contributed by atoms with Gasteiger partial charge in [0.25, 0.3) is 0 Å². The van der Waals surface area contributed by atoms with Crippen LogP contribution in [0.4, 0.5) is 10.2 Å². The SMILES string of the molecule is COC[C@@H](C)C(=O)Nc1ncc(F)cc1I. The number of nitrogens with one attached hydrogen (secondary N) is 1. The van der Waals surface area contributed by atoms with Crippen molar-refractivity contribution in [2.24, 2.45) is 5.92 Å². The third kappa shape index (κ3) is 3.67. The van der Waals surface area contributed by atoms with E-state index in [2.05, 4.69) is 10.3 Å². The molecule has 0 aliphatic rings. The van der Waals surface area contributed by atoms with Crippen molar-refractivity contribution in [3.63, 3.8) is 0 Å². The topological polar surface area (TPSA) is 51.2 Å². The van der Waals surface area contributed by atoms with Crippen molar-refractivity contribution in [1.29, 1.82) is 0 Å². The van der Waals surface area contributed by atoms with E-state index in [9.17, 15) is 9.18 Å². The first-order chi connectivity index (χ1) is 7.54. The maximum atomic E-state index is 12.8. The van der Waals surface area contributed by atoms with Gasteiger partial charge in [0.1, 0.15) is 11.6 Å². The van der Waals surface area contributed by atoms with Gasteiger partial charge in [0.15, 0.2) is 0 Å². The zero-order valence-electron chi connectivity index (χ0n) is 8.96. The average Bonchev–Trinajstić information content (AvgIpc) is 2.22. The molecule has 1 heterocycles. The summed E-state index contributed by atoms with van der Waals surface area (Å²) in [5.41, 5.74) is 0. The van der Waals surface area contributed by atoms with Crippen molar-refractivity contribution in [2.75, 3.05) is 19.0 Å². The highest BCUT2D eigenvalue weighted by Gasteiger charge is 2.14. The van der Waals surface area contributed by atoms with Gasteiger partial charge in [-0.1, -0.05) is 6.92 Å². The van der Waals surface area contributed by atoms with Crippen molar-refractivity contribution in [3.05, 3.63) is 21.7 Å². The van der Waals surface area contributed by atoms with Crippen molar-refractivity contribution >= 4 is 34.3 Å². The molecule has 1 rings (SSSR count). The van der Waals surface area contributed by atoms with Gasteiger partial charge in [-0.2, -0.15) is 0 Å². The van der Waals surface area contributed by atoms with E-state index in [4.69, 9.17) is 4.74 Å². The molecule has 0 aliphatic heterocycles. The lowest BCUT2D eigenvalue weighted by Gasteiger charge is -2.11. The summed E-state index contributed by atoms with van der Waals surface area (Å²) in [6.07, 6.45) is 1.07. The second kappa shape index (κ2) is 6.09. The fourth-order valence-electron chi connectivity index (χ4n) is 1.07. The van der Waals surface area contributed by atoms with Crippen LogP contribution in [0.2, 0.25) is 0 Å². The number of hydrogen-bond acceptors (Lipinski definition) is 3. The van der Waals surface area contributed by atoms with Gasteiger partial charge in [-0.3, -0.25) is 4.79 Å². The van der Waals surface area contributed by atoms with Gasteiger partial charge in [0, 0.05) is 7.11 Å². The van der Waals surface area contributed by atoms with Crippen molar-refractivity contribution < 1.29 is 13.9 Å². The summed E-state index contributed by atoms with van der Waals surface area (Å²) in [4.78, 5) is 15.4. The lowest BCUT2D eigenvalue weighted by atomic mass is 10.2. The van der Waals surface area contributed by atoms with E-state index in [1.165, 1.54) is 13.2 Å². The largest absolute Gasteiger partial charge is 0.384 e. The predicted molar refractivity (Wildman–Crippen MR) is 66.6 cm³/mol. The summed E-state index contributed by atoms with van der Waals surface area (Å²) in [7, 11) is 1.53. The quantitative estimate of drug-likeness (QED) is 0.855. The smallest absolute Gasteiger partial charge is 0.230 e. The Labute approximate surface area is 107 Å². The maximum Gasteiger partial charge on any atom is 0.230 e. The number of carbonyl (C=O) groups excluding carboxylic acids is 1. The average molecular weight is 338 g/mol. The van der Waals surface area contributed by atoms with E-state index in [1.807, 2.05) is 22.6 Å². The summed E-state index contributed by atoms with van der Waals surface area (Å²) in [5.74, 6) is -0.520. The molecule has 0 aliphatic carbocycles. The van der Waals surface area contributed by atoms with Crippen LogP contribution in [0.15, 0.2) is 12.3 Å². The molecule has 1 atom stereocenters. The van der Waals surface area contributed by atoms with Crippen LogP contribution in [-0.4, -0.2) is 24.6 Å². The van der Waals surface area contributed by atoms with Crippen LogP contribution in [0, 0.1) is 15.3 Å². The lowest BCUT2D eigenvalue weighted by molar-refractivity contribution is -0.120. The Balaban J connectivity index is 2.69. The van der Waals surface area contributed by atoms with Crippen molar-refractivity contribution in [1.82, 2.24) is 4.98 Å². The first kappa shape index (κ1) is 13.3. The summed E-state index contributed by atoms with van der Waals surface area (Å²) in [6.45, 7) is 2.08. The second-order valence-electron chi connectivity index (χ2n) is 3.33. The Hall–Kier alpha value is -0.760. The van der Waals surface area contributed by atoms with Gasteiger partial charge in [0.05, 0.1) is 22.3 Å². The third-order valence-electron chi connectivity index (χ3n) is 1.91. The molecule has 88 valence electrons. The highest BCUT2D eigenvalue weighted by Crippen LogP contribution is 2.16. The van der Waals surface area contributed by atoms with Crippen LogP contribution in [0.25, 0.3) is 0 Å². The first-order valence-electron chi connectivity index (χ1n) is 4.65. The number of aromatic nitrogens is 1. The zero-order valence-corrected chi connectivity index (χ0v) is 11.1. The molecule has 1 aromatic rings. The maximum absolute atomic E-state index is 12.8. The fraction of sp³-hybridized carbons (Fsp3) is 0.400. The summed E-state index contributed by atoms with van der Waals surface area (Å²) in [5, 5.41) is 2.62. The van der Waals surface area contributed by atoms with Crippen LogP contribution in [0.3, 0.4) is 0 Å². The minimum absolute atomic E-state index is 0.195. The molecule has 1 amide bonds. The van der Waals surface area contributed by atoms with Crippen LogP contribution in [0.5, 0.6) is 0 Å². The molecule has 16 heavy (non-hydrogen) atoms. The van der Waals surface area contributed by atoms with Gasteiger partial charge in [-0.15, -0.1) is 0 Å². The van der Waals surface area contributed by atoms with E-state index < -0.39 is 5.82 Å². The molecular formula is C10H12FIN2O2. The Morgan fingerprint density at radius 1 is 1.75 bits per heavy atom. The summed E-state index contributed by atoms with van der Waals surface area (Å²) >= 11 is 1.92. The summed E-state index contributed by atoms with van der Waals surface area (Å²) in [6, 6.07) is 1.31. The normalized spacial score (nSPS) is 12.2. The molecule has 1 N–H and O–H groups in total. The van der Waals surface area contributed by atoms with Gasteiger partial charge in [-0.25, -0.2) is 9.37 Å². The highest BCUT2D eigenvalue weighted by atomic mass is 127. The molecule has 0 bridgehead atoms. The first-order valence-corrected chi connectivity index (χ1v) is 5.73. The number of methoxy groups -OCH3 is 1. The monoisotopic (exact) mass is 338 g/mol. The van der Waals surface area contributed by atoms with Crippen molar-refractivity contribution in [3.8, 4) is 0 Å². The number of nitrogens with zero attached hydrogens (tertiary/aromatic N) is 1. The van der Waals surface area contributed by atoms with Crippen LogP contribution in [-0.2, 0) is 9.53 Å². The zero-order chi connectivity index (χ0) is 12.1. The molecule has 1 aromatic heterocycles. The standard InChI is InChI=1S/C10H12FIN2O2/c1-6(5-16-2)10(15)14-9-8(12)3-7(11)4-13-9/h3-4,6H,5H2,1-2H3,(H,13,14,15)/t6-/m1/s1. The molecule has 0 aromatic carbocycles. The molecule has 0 unspecified atom stereocenters. The molecule has 0 fully saturated rings. The number of anilines is 1. The summed E-state index contributed by atoms with van der Waals surface area (Å²) < 4.78 is 18.2. The van der Waals surface area contributed by atoms with Gasteiger partial charge in [-0.05, 0) is 28.7 Å². The van der Waals surface area contributed by atoms with Crippen LogP contribution >= 0.6 is 22.6 Å². The minimum atomic E-state index is -0.424. The molecule has 0 saturated carbocycles. The molecule has 0 saturated heterocycles. The Morgan fingerprint density at radius 3 is 3.00 bits per heavy atom. The number of pyridine rings is 1. The number of amides is 1. The molecule has 4 nitrogen and oxygen atoms in total. The van der Waals surface area contributed by atoms with Crippen LogP contribution < -0.4 is 5.32 Å². The predicted octanol–water partition coefficient (Wildman–Crippen LogP) is 2.05. The van der Waals surface area contributed by atoms with E-state index in [1.54, 1.807) is 6.92 Å². The Morgan fingerprint density at radius 2 is 2.44 bits per heavy atom. The number of hydrogen-bond donors (Lipinski definition) is 1. The van der Waals surface area contributed by atoms with Gasteiger partial charge >= 0.3 is 0 Å². The molecule has 0 spiro atoms. The van der Waals surface area contributed by atoms with E-state index in [-0.39, 0.29) is 11.8 Å². The number of rotatable bonds is 4.